The molecule has 0 unspecified atom stereocenters. The number of anilines is 1. The van der Waals surface area contributed by atoms with Crippen molar-refractivity contribution in [2.24, 2.45) is 0 Å². The molecule has 2 N–H and O–H groups in total. The Balaban J connectivity index is 1.31. The monoisotopic (exact) mass is 476 g/mol. The third kappa shape index (κ3) is 4.12. The SMILES string of the molecule is CN1CCN(c2ccc3nc(-c4ccc5nc(-c6cccc(C(F)(F)F)c6)[nH]c5c4)[nH]c3c2)CC1. The summed E-state index contributed by atoms with van der Waals surface area (Å²) in [6, 6.07) is 17.1. The zero-order chi connectivity index (χ0) is 24.2. The van der Waals surface area contributed by atoms with Gasteiger partial charge in [-0.15, -0.1) is 0 Å². The molecule has 2 aromatic heterocycles. The molecule has 35 heavy (non-hydrogen) atoms. The molecular formula is C26H23F3N6. The van der Waals surface area contributed by atoms with E-state index in [1.165, 1.54) is 11.8 Å². The average molecular weight is 477 g/mol. The molecule has 1 aliphatic rings. The Bertz CT molecular complexity index is 1530. The van der Waals surface area contributed by atoms with Crippen molar-refractivity contribution in [2.45, 2.75) is 6.18 Å². The highest BCUT2D eigenvalue weighted by Crippen LogP contribution is 2.33. The first-order valence-corrected chi connectivity index (χ1v) is 11.4. The summed E-state index contributed by atoms with van der Waals surface area (Å²) in [5.74, 6) is 1.12. The first kappa shape index (κ1) is 21.7. The van der Waals surface area contributed by atoms with Gasteiger partial charge in [0, 0.05) is 43.0 Å². The summed E-state index contributed by atoms with van der Waals surface area (Å²) in [6.07, 6.45) is -4.40. The second kappa shape index (κ2) is 8.13. The Morgan fingerprint density at radius 1 is 0.743 bits per heavy atom. The lowest BCUT2D eigenvalue weighted by atomic mass is 10.1. The second-order valence-electron chi connectivity index (χ2n) is 8.97. The summed E-state index contributed by atoms with van der Waals surface area (Å²) in [5.41, 5.74) is 4.98. The summed E-state index contributed by atoms with van der Waals surface area (Å²) < 4.78 is 39.4. The minimum atomic E-state index is -4.40. The number of rotatable bonds is 3. The van der Waals surface area contributed by atoms with E-state index in [9.17, 15) is 13.2 Å². The molecule has 0 atom stereocenters. The molecule has 5 aromatic rings. The van der Waals surface area contributed by atoms with Gasteiger partial charge in [0.05, 0.1) is 27.6 Å². The minimum Gasteiger partial charge on any atom is -0.369 e. The van der Waals surface area contributed by atoms with Gasteiger partial charge in [0.25, 0.3) is 0 Å². The van der Waals surface area contributed by atoms with Gasteiger partial charge in [-0.3, -0.25) is 0 Å². The van der Waals surface area contributed by atoms with Crippen LogP contribution in [0.3, 0.4) is 0 Å². The van der Waals surface area contributed by atoms with Gasteiger partial charge in [0.2, 0.25) is 0 Å². The number of nitrogens with zero attached hydrogens (tertiary/aromatic N) is 4. The maximum Gasteiger partial charge on any atom is 0.416 e. The van der Waals surface area contributed by atoms with E-state index < -0.39 is 11.7 Å². The lowest BCUT2D eigenvalue weighted by Gasteiger charge is -2.34. The van der Waals surface area contributed by atoms with Crippen molar-refractivity contribution in [2.75, 3.05) is 38.1 Å². The number of halogens is 3. The van der Waals surface area contributed by atoms with Crippen LogP contribution in [0.15, 0.2) is 60.7 Å². The van der Waals surface area contributed by atoms with Gasteiger partial charge in [-0.05, 0) is 55.6 Å². The molecular weight excluding hydrogens is 453 g/mol. The summed E-state index contributed by atoms with van der Waals surface area (Å²) in [7, 11) is 2.14. The van der Waals surface area contributed by atoms with Crippen LogP contribution in [-0.4, -0.2) is 58.1 Å². The van der Waals surface area contributed by atoms with E-state index in [0.717, 1.165) is 66.2 Å². The number of imidazole rings is 2. The third-order valence-electron chi connectivity index (χ3n) is 6.55. The van der Waals surface area contributed by atoms with Gasteiger partial charge in [-0.25, -0.2) is 9.97 Å². The minimum absolute atomic E-state index is 0.387. The molecule has 0 aliphatic carbocycles. The molecule has 0 bridgehead atoms. The van der Waals surface area contributed by atoms with E-state index in [0.29, 0.717) is 16.9 Å². The molecule has 6 rings (SSSR count). The van der Waals surface area contributed by atoms with E-state index in [2.05, 4.69) is 43.9 Å². The van der Waals surface area contributed by atoms with Crippen LogP contribution in [0.5, 0.6) is 0 Å². The molecule has 0 spiro atoms. The number of nitrogens with one attached hydrogen (secondary N) is 2. The number of likely N-dealkylation sites (N-methyl/N-ethyl adjacent to an activating group) is 1. The number of fused-ring (bicyclic) bond motifs is 2. The number of hydrogen-bond acceptors (Lipinski definition) is 4. The molecule has 0 saturated carbocycles. The van der Waals surface area contributed by atoms with Gasteiger partial charge < -0.3 is 19.8 Å². The lowest BCUT2D eigenvalue weighted by molar-refractivity contribution is -0.137. The quantitative estimate of drug-likeness (QED) is 0.359. The maximum atomic E-state index is 13.1. The Labute approximate surface area is 199 Å². The Morgan fingerprint density at radius 2 is 1.37 bits per heavy atom. The highest BCUT2D eigenvalue weighted by atomic mass is 19.4. The van der Waals surface area contributed by atoms with Crippen molar-refractivity contribution in [3.8, 4) is 22.8 Å². The fourth-order valence-corrected chi connectivity index (χ4v) is 4.53. The summed E-state index contributed by atoms with van der Waals surface area (Å²) in [4.78, 5) is 20.5. The lowest BCUT2D eigenvalue weighted by Crippen LogP contribution is -2.44. The van der Waals surface area contributed by atoms with Crippen LogP contribution in [0.4, 0.5) is 18.9 Å². The highest BCUT2D eigenvalue weighted by Gasteiger charge is 2.30. The van der Waals surface area contributed by atoms with Crippen LogP contribution in [0.25, 0.3) is 44.8 Å². The standard InChI is InChI=1S/C26H23F3N6/c1-34-9-11-35(12-10-34)19-6-8-21-23(15-19)33-25(31-21)17-5-7-20-22(14-17)32-24(30-20)16-3-2-4-18(13-16)26(27,28)29/h2-8,13-15H,9-12H2,1H3,(H,30,32)(H,31,33). The zero-order valence-electron chi connectivity index (χ0n) is 19.0. The first-order chi connectivity index (χ1) is 16.8. The van der Waals surface area contributed by atoms with Crippen molar-refractivity contribution in [1.82, 2.24) is 24.8 Å². The van der Waals surface area contributed by atoms with Crippen molar-refractivity contribution in [1.29, 1.82) is 0 Å². The predicted octanol–water partition coefficient (Wildman–Crippen LogP) is 5.54. The Hall–Kier alpha value is -3.85. The van der Waals surface area contributed by atoms with E-state index in [4.69, 9.17) is 4.98 Å². The van der Waals surface area contributed by atoms with Gasteiger partial charge in [0.15, 0.2) is 0 Å². The van der Waals surface area contributed by atoms with E-state index in [1.54, 1.807) is 6.07 Å². The molecule has 1 fully saturated rings. The largest absolute Gasteiger partial charge is 0.416 e. The van der Waals surface area contributed by atoms with Gasteiger partial charge in [-0.1, -0.05) is 12.1 Å². The molecule has 3 aromatic carbocycles. The van der Waals surface area contributed by atoms with Gasteiger partial charge >= 0.3 is 6.18 Å². The van der Waals surface area contributed by atoms with Gasteiger partial charge in [-0.2, -0.15) is 13.2 Å². The number of H-pyrrole nitrogens is 2. The smallest absolute Gasteiger partial charge is 0.369 e. The van der Waals surface area contributed by atoms with E-state index >= 15 is 0 Å². The van der Waals surface area contributed by atoms with Crippen LogP contribution in [0.2, 0.25) is 0 Å². The first-order valence-electron chi connectivity index (χ1n) is 11.4. The number of piperazine rings is 1. The summed E-state index contributed by atoms with van der Waals surface area (Å²) in [5, 5.41) is 0. The molecule has 0 radical (unpaired) electrons. The van der Waals surface area contributed by atoms with Crippen molar-refractivity contribution in [3.63, 3.8) is 0 Å². The van der Waals surface area contributed by atoms with Crippen LogP contribution in [0, 0.1) is 0 Å². The molecule has 178 valence electrons. The van der Waals surface area contributed by atoms with Crippen molar-refractivity contribution < 1.29 is 13.2 Å². The number of alkyl halides is 3. The van der Waals surface area contributed by atoms with Crippen LogP contribution in [0.1, 0.15) is 5.56 Å². The number of aromatic nitrogens is 4. The molecule has 1 aliphatic heterocycles. The van der Waals surface area contributed by atoms with Crippen LogP contribution in [-0.2, 0) is 6.18 Å². The van der Waals surface area contributed by atoms with Crippen molar-refractivity contribution in [3.05, 3.63) is 66.2 Å². The fourth-order valence-electron chi connectivity index (χ4n) is 4.53. The topological polar surface area (TPSA) is 63.8 Å². The van der Waals surface area contributed by atoms with Crippen LogP contribution < -0.4 is 4.90 Å². The number of benzene rings is 3. The Kier molecular flexibility index (Phi) is 5.03. The third-order valence-corrected chi connectivity index (χ3v) is 6.55. The number of hydrogen-bond donors (Lipinski definition) is 2. The normalized spacial score (nSPS) is 15.4. The molecule has 0 amide bonds. The van der Waals surface area contributed by atoms with Crippen molar-refractivity contribution >= 4 is 27.8 Å². The molecule has 6 nitrogen and oxygen atoms in total. The molecule has 9 heteroatoms. The zero-order valence-corrected chi connectivity index (χ0v) is 19.0. The predicted molar refractivity (Wildman–Crippen MR) is 131 cm³/mol. The van der Waals surface area contributed by atoms with E-state index in [1.807, 2.05) is 24.3 Å². The maximum absolute atomic E-state index is 13.1. The fraction of sp³-hybridized carbons (Fsp3) is 0.231. The molecule has 3 heterocycles. The summed E-state index contributed by atoms with van der Waals surface area (Å²) >= 11 is 0. The Morgan fingerprint density at radius 3 is 2.06 bits per heavy atom. The van der Waals surface area contributed by atoms with Crippen LogP contribution >= 0.6 is 0 Å². The van der Waals surface area contributed by atoms with E-state index in [-0.39, 0.29) is 0 Å². The van der Waals surface area contributed by atoms with Gasteiger partial charge in [0.1, 0.15) is 11.6 Å². The number of aromatic amines is 2. The average Bonchev–Trinajstić information content (AvgIpc) is 3.47. The summed E-state index contributed by atoms with van der Waals surface area (Å²) in [6.45, 7) is 4.07. The highest BCUT2D eigenvalue weighted by molar-refractivity contribution is 5.87. The second-order valence-corrected chi connectivity index (χ2v) is 8.97. The molecule has 1 saturated heterocycles.